The van der Waals surface area contributed by atoms with Crippen molar-refractivity contribution in [3.8, 4) is 0 Å². The normalized spacial score (nSPS) is 53.6. The molecule has 3 saturated carbocycles. The molecule has 0 aromatic carbocycles. The Kier molecular flexibility index (Phi) is 4.82. The van der Waals surface area contributed by atoms with E-state index in [0.717, 1.165) is 24.2 Å². The minimum absolute atomic E-state index is 0.0499. The quantitative estimate of drug-likeness (QED) is 0.419. The highest BCUT2D eigenvalue weighted by Gasteiger charge is 2.67. The summed E-state index contributed by atoms with van der Waals surface area (Å²) >= 11 is 0. The monoisotopic (exact) mass is 426 g/mol. The third-order valence-corrected chi connectivity index (χ3v) is 13.2. The number of aliphatic hydroxyl groups excluding tert-OH is 1. The molecule has 5 aliphatic carbocycles. The first-order valence-corrected chi connectivity index (χ1v) is 13.7. The molecule has 5 aliphatic rings. The number of fused-ring (bicyclic) bond motifs is 6. The number of allylic oxidation sites excluding steroid dienone is 2. The fourth-order valence-electron chi connectivity index (χ4n) is 11.2. The summed E-state index contributed by atoms with van der Waals surface area (Å²) in [4.78, 5) is 0. The van der Waals surface area contributed by atoms with Crippen LogP contribution in [-0.4, -0.2) is 11.2 Å². The molecule has 1 nitrogen and oxygen atoms in total. The van der Waals surface area contributed by atoms with E-state index in [0.29, 0.717) is 27.6 Å². The Balaban J connectivity index is 1.57. The van der Waals surface area contributed by atoms with Crippen molar-refractivity contribution in [3.05, 3.63) is 11.1 Å². The van der Waals surface area contributed by atoms with Crippen molar-refractivity contribution >= 4 is 0 Å². The molecule has 0 saturated heterocycles. The summed E-state index contributed by atoms with van der Waals surface area (Å²) in [6.07, 6.45) is 13.2. The van der Waals surface area contributed by atoms with Crippen LogP contribution in [0.15, 0.2) is 11.1 Å². The Labute approximate surface area is 192 Å². The Morgan fingerprint density at radius 2 is 1.45 bits per heavy atom. The van der Waals surface area contributed by atoms with Crippen molar-refractivity contribution in [2.75, 3.05) is 0 Å². The van der Waals surface area contributed by atoms with Crippen LogP contribution in [-0.2, 0) is 0 Å². The fourth-order valence-corrected chi connectivity index (χ4v) is 11.2. The topological polar surface area (TPSA) is 20.2 Å². The number of hydrogen-bond acceptors (Lipinski definition) is 1. The summed E-state index contributed by atoms with van der Waals surface area (Å²) in [5.41, 5.74) is 5.55. The van der Waals surface area contributed by atoms with Gasteiger partial charge >= 0.3 is 0 Å². The Bertz CT molecular complexity index is 790. The smallest absolute Gasteiger partial charge is 0.0594 e. The molecule has 0 heterocycles. The Hall–Kier alpha value is -0.300. The van der Waals surface area contributed by atoms with E-state index in [4.69, 9.17) is 0 Å². The first-order chi connectivity index (χ1) is 14.3. The summed E-state index contributed by atoms with van der Waals surface area (Å²) in [5.74, 6) is 3.28. The maximum absolute atomic E-state index is 10.9. The molecule has 5 rings (SSSR count). The molecule has 3 fully saturated rings. The van der Waals surface area contributed by atoms with Crippen molar-refractivity contribution in [2.45, 2.75) is 126 Å². The molecule has 1 N–H and O–H groups in total. The van der Waals surface area contributed by atoms with Gasteiger partial charge in [-0.25, -0.2) is 0 Å². The highest BCUT2D eigenvalue weighted by molar-refractivity contribution is 5.39. The standard InChI is InChI=1S/C30H50O/c1-19(2)20-9-12-24-28(20,6)17-18-29(7)22-10-11-23-26(3,4)25(31)14-15-27(23,5)21(22)13-16-30(24,29)8/h19-20,23-25,31H,9-18H2,1-8H3/t20-,23-,24-,25-,27+,28-,29-,30+/m0/s1. The molecule has 8 atom stereocenters. The van der Waals surface area contributed by atoms with E-state index in [1.807, 2.05) is 11.1 Å². The van der Waals surface area contributed by atoms with Crippen molar-refractivity contribution in [1.29, 1.82) is 0 Å². The molecular formula is C30H50O. The third-order valence-electron chi connectivity index (χ3n) is 13.2. The molecule has 176 valence electrons. The molecule has 0 unspecified atom stereocenters. The van der Waals surface area contributed by atoms with Crippen LogP contribution < -0.4 is 0 Å². The summed E-state index contributed by atoms with van der Waals surface area (Å²) < 4.78 is 0. The van der Waals surface area contributed by atoms with Crippen LogP contribution in [0, 0.1) is 50.7 Å². The van der Waals surface area contributed by atoms with Gasteiger partial charge in [-0.1, -0.05) is 66.5 Å². The molecule has 0 aliphatic heterocycles. The van der Waals surface area contributed by atoms with Crippen molar-refractivity contribution < 1.29 is 5.11 Å². The lowest BCUT2D eigenvalue weighted by molar-refractivity contribution is -0.127. The highest BCUT2D eigenvalue weighted by Crippen LogP contribution is 2.75. The zero-order chi connectivity index (χ0) is 22.6. The van der Waals surface area contributed by atoms with Gasteiger partial charge in [-0.3, -0.25) is 0 Å². The molecule has 0 aromatic rings. The van der Waals surface area contributed by atoms with Crippen LogP contribution in [0.3, 0.4) is 0 Å². The Morgan fingerprint density at radius 1 is 0.742 bits per heavy atom. The van der Waals surface area contributed by atoms with Crippen molar-refractivity contribution in [3.63, 3.8) is 0 Å². The second-order valence-corrected chi connectivity index (χ2v) is 14.6. The average Bonchev–Trinajstić information content (AvgIpc) is 3.05. The molecule has 0 amide bonds. The van der Waals surface area contributed by atoms with Crippen LogP contribution in [0.25, 0.3) is 0 Å². The lowest BCUT2D eigenvalue weighted by atomic mass is 9.37. The molecule has 31 heavy (non-hydrogen) atoms. The average molecular weight is 427 g/mol. The summed E-state index contributed by atoms with van der Waals surface area (Å²) in [6, 6.07) is 0. The zero-order valence-corrected chi connectivity index (χ0v) is 21.9. The van der Waals surface area contributed by atoms with Gasteiger partial charge in [0.05, 0.1) is 6.10 Å². The van der Waals surface area contributed by atoms with Crippen LogP contribution in [0.2, 0.25) is 0 Å². The molecule has 1 heteroatoms. The van der Waals surface area contributed by atoms with Gasteiger partial charge in [0.15, 0.2) is 0 Å². The van der Waals surface area contributed by atoms with E-state index in [9.17, 15) is 5.11 Å². The summed E-state index contributed by atoms with van der Waals surface area (Å²) in [7, 11) is 0. The third kappa shape index (κ3) is 2.60. The van der Waals surface area contributed by atoms with E-state index >= 15 is 0 Å². The van der Waals surface area contributed by atoms with Gasteiger partial charge in [0, 0.05) is 0 Å². The maximum atomic E-state index is 10.9. The van der Waals surface area contributed by atoms with Gasteiger partial charge in [-0.15, -0.1) is 0 Å². The van der Waals surface area contributed by atoms with Gasteiger partial charge in [0.25, 0.3) is 0 Å². The van der Waals surface area contributed by atoms with Gasteiger partial charge in [-0.2, -0.15) is 0 Å². The van der Waals surface area contributed by atoms with Gasteiger partial charge in [0.2, 0.25) is 0 Å². The minimum atomic E-state index is -0.126. The van der Waals surface area contributed by atoms with Crippen LogP contribution in [0.1, 0.15) is 120 Å². The Morgan fingerprint density at radius 3 is 2.13 bits per heavy atom. The van der Waals surface area contributed by atoms with E-state index in [1.165, 1.54) is 57.8 Å². The fraction of sp³-hybridized carbons (Fsp3) is 0.933. The van der Waals surface area contributed by atoms with Crippen LogP contribution >= 0.6 is 0 Å². The maximum Gasteiger partial charge on any atom is 0.0594 e. The first-order valence-electron chi connectivity index (χ1n) is 13.7. The van der Waals surface area contributed by atoms with Gasteiger partial charge in [-0.05, 0) is 115 Å². The van der Waals surface area contributed by atoms with E-state index in [-0.39, 0.29) is 11.5 Å². The molecule has 0 radical (unpaired) electrons. The first kappa shape index (κ1) is 22.5. The van der Waals surface area contributed by atoms with E-state index < -0.39 is 0 Å². The van der Waals surface area contributed by atoms with Crippen LogP contribution in [0.4, 0.5) is 0 Å². The van der Waals surface area contributed by atoms with E-state index in [2.05, 4.69) is 55.4 Å². The van der Waals surface area contributed by atoms with Gasteiger partial charge in [0.1, 0.15) is 0 Å². The molecule has 0 aromatic heterocycles. The van der Waals surface area contributed by atoms with Crippen molar-refractivity contribution in [1.82, 2.24) is 0 Å². The molecule has 0 spiro atoms. The second-order valence-electron chi connectivity index (χ2n) is 14.6. The second kappa shape index (κ2) is 6.64. The lowest BCUT2D eigenvalue weighted by Crippen LogP contribution is -2.59. The van der Waals surface area contributed by atoms with Crippen LogP contribution in [0.5, 0.6) is 0 Å². The van der Waals surface area contributed by atoms with Crippen molar-refractivity contribution in [2.24, 2.45) is 50.7 Å². The van der Waals surface area contributed by atoms with E-state index in [1.54, 1.807) is 0 Å². The largest absolute Gasteiger partial charge is 0.393 e. The zero-order valence-electron chi connectivity index (χ0n) is 21.9. The highest BCUT2D eigenvalue weighted by atomic mass is 16.3. The minimum Gasteiger partial charge on any atom is -0.393 e. The summed E-state index contributed by atoms with van der Waals surface area (Å²) in [5, 5.41) is 10.9. The predicted molar refractivity (Wildman–Crippen MR) is 131 cm³/mol. The molecular weight excluding hydrogens is 376 g/mol. The predicted octanol–water partition coefficient (Wildman–Crippen LogP) is 8.17. The number of hydrogen-bond donors (Lipinski definition) is 1. The molecule has 0 bridgehead atoms. The lowest BCUT2D eigenvalue weighted by Gasteiger charge is -2.67. The van der Waals surface area contributed by atoms with Gasteiger partial charge < -0.3 is 5.11 Å². The number of rotatable bonds is 1. The SMILES string of the molecule is CC(C)[C@@H]1CC[C@H]2[C@@]1(C)CC[C@@]1(C)C3=C(CC[C@]21C)[C@@]1(C)CC[C@H](O)C(C)(C)[C@@H]1CC3. The number of aliphatic hydroxyl groups is 1. The summed E-state index contributed by atoms with van der Waals surface area (Å²) in [6.45, 7) is 20.4.